The van der Waals surface area contributed by atoms with Crippen molar-refractivity contribution < 1.29 is 14.3 Å². The quantitative estimate of drug-likeness (QED) is 0.525. The number of hydrogen-bond acceptors (Lipinski definition) is 4. The monoisotopic (exact) mass is 382 g/mol. The van der Waals surface area contributed by atoms with Gasteiger partial charge in [0, 0.05) is 11.1 Å². The van der Waals surface area contributed by atoms with E-state index in [4.69, 9.17) is 16.3 Å². The Morgan fingerprint density at radius 2 is 1.78 bits per heavy atom. The second kappa shape index (κ2) is 7.76. The van der Waals surface area contributed by atoms with Crippen LogP contribution in [0, 0.1) is 13.8 Å². The smallest absolute Gasteiger partial charge is 0.338 e. The number of esters is 1. The maximum absolute atomic E-state index is 12.4. The number of aromatic nitrogens is 1. The van der Waals surface area contributed by atoms with Crippen LogP contribution in [0.3, 0.4) is 0 Å². The summed E-state index contributed by atoms with van der Waals surface area (Å²) in [5.74, 6) is -0.953. The van der Waals surface area contributed by atoms with Crippen LogP contribution in [0.25, 0.3) is 10.9 Å². The molecule has 0 saturated heterocycles. The highest BCUT2D eigenvalue weighted by Gasteiger charge is 2.20. The molecular weight excluding hydrogens is 364 g/mol. The summed E-state index contributed by atoms with van der Waals surface area (Å²) in [5.41, 5.74) is 3.66. The highest BCUT2D eigenvalue weighted by Crippen LogP contribution is 2.21. The van der Waals surface area contributed by atoms with Gasteiger partial charge >= 0.3 is 5.97 Å². The van der Waals surface area contributed by atoms with E-state index < -0.39 is 12.1 Å². The van der Waals surface area contributed by atoms with E-state index in [1.807, 2.05) is 32.0 Å². The molecule has 0 radical (unpaired) electrons. The number of nitrogens with zero attached hydrogens (tertiary/aromatic N) is 1. The molecule has 3 aromatic rings. The summed E-state index contributed by atoms with van der Waals surface area (Å²) in [4.78, 5) is 29.0. The van der Waals surface area contributed by atoms with Crippen LogP contribution < -0.4 is 5.32 Å². The summed E-state index contributed by atoms with van der Waals surface area (Å²) in [6.45, 7) is 5.37. The Morgan fingerprint density at radius 1 is 1.07 bits per heavy atom. The average Bonchev–Trinajstić information content (AvgIpc) is 2.64. The fourth-order valence-electron chi connectivity index (χ4n) is 2.75. The zero-order valence-corrected chi connectivity index (χ0v) is 16.0. The third-order valence-electron chi connectivity index (χ3n) is 4.27. The molecule has 0 aliphatic heterocycles. The van der Waals surface area contributed by atoms with Crippen molar-refractivity contribution in [2.24, 2.45) is 0 Å². The molecule has 138 valence electrons. The molecule has 27 heavy (non-hydrogen) atoms. The molecule has 0 aliphatic carbocycles. The summed E-state index contributed by atoms with van der Waals surface area (Å²) in [5, 5.41) is 3.98. The van der Waals surface area contributed by atoms with Crippen LogP contribution in [0.1, 0.15) is 28.4 Å². The first-order valence-electron chi connectivity index (χ1n) is 8.49. The van der Waals surface area contributed by atoms with Gasteiger partial charge in [-0.05, 0) is 62.2 Å². The van der Waals surface area contributed by atoms with Gasteiger partial charge in [0.2, 0.25) is 0 Å². The summed E-state index contributed by atoms with van der Waals surface area (Å²) < 4.78 is 5.33. The van der Waals surface area contributed by atoms with Crippen molar-refractivity contribution in [2.75, 3.05) is 5.32 Å². The molecule has 6 heteroatoms. The van der Waals surface area contributed by atoms with Crippen LogP contribution in [0.4, 0.5) is 5.69 Å². The molecule has 0 aliphatic rings. The largest absolute Gasteiger partial charge is 0.449 e. The molecule has 0 fully saturated rings. The van der Waals surface area contributed by atoms with Crippen molar-refractivity contribution in [3.05, 3.63) is 70.4 Å². The van der Waals surface area contributed by atoms with E-state index in [1.54, 1.807) is 37.3 Å². The Morgan fingerprint density at radius 3 is 2.48 bits per heavy atom. The van der Waals surface area contributed by atoms with Gasteiger partial charge in [0.05, 0.1) is 11.1 Å². The highest BCUT2D eigenvalue weighted by molar-refractivity contribution is 6.29. The standard InChI is InChI=1S/C21H19ClN2O3/c1-12-5-4-6-13(2)19(12)24-20(25)14(3)27-21(26)16-7-9-17-15(11-16)8-10-18(22)23-17/h4-11,14H,1-3H3,(H,24,25). The number of hydrogen-bond donors (Lipinski definition) is 1. The molecule has 1 N–H and O–H groups in total. The number of amides is 1. The van der Waals surface area contributed by atoms with Gasteiger partial charge < -0.3 is 10.1 Å². The minimum absolute atomic E-state index is 0.346. The van der Waals surface area contributed by atoms with Gasteiger partial charge in [0.1, 0.15) is 5.15 Å². The molecule has 1 amide bonds. The minimum atomic E-state index is -0.935. The molecule has 1 atom stereocenters. The molecule has 0 spiro atoms. The van der Waals surface area contributed by atoms with E-state index in [0.717, 1.165) is 22.2 Å². The van der Waals surface area contributed by atoms with Gasteiger partial charge in [-0.25, -0.2) is 9.78 Å². The summed E-state index contributed by atoms with van der Waals surface area (Å²) >= 11 is 5.87. The maximum atomic E-state index is 12.4. The number of halogens is 1. The molecule has 1 unspecified atom stereocenters. The molecule has 1 heterocycles. The maximum Gasteiger partial charge on any atom is 0.338 e. The van der Waals surface area contributed by atoms with Gasteiger partial charge in [-0.2, -0.15) is 0 Å². The molecule has 5 nitrogen and oxygen atoms in total. The number of anilines is 1. The van der Waals surface area contributed by atoms with E-state index >= 15 is 0 Å². The Kier molecular flexibility index (Phi) is 5.42. The third-order valence-corrected chi connectivity index (χ3v) is 4.48. The number of aryl methyl sites for hydroxylation is 2. The van der Waals surface area contributed by atoms with Crippen LogP contribution in [0.2, 0.25) is 5.15 Å². The number of pyridine rings is 1. The number of benzene rings is 2. The Labute approximate surface area is 162 Å². The second-order valence-corrected chi connectivity index (χ2v) is 6.73. The van der Waals surface area contributed by atoms with E-state index in [1.165, 1.54) is 0 Å². The predicted octanol–water partition coefficient (Wildman–Crippen LogP) is 4.69. The number of fused-ring (bicyclic) bond motifs is 1. The van der Waals surface area contributed by atoms with E-state index in [0.29, 0.717) is 16.2 Å². The van der Waals surface area contributed by atoms with Crippen molar-refractivity contribution in [1.82, 2.24) is 4.98 Å². The van der Waals surface area contributed by atoms with E-state index in [-0.39, 0.29) is 5.91 Å². The zero-order chi connectivity index (χ0) is 19.6. The van der Waals surface area contributed by atoms with Crippen LogP contribution in [0.15, 0.2) is 48.5 Å². The lowest BCUT2D eigenvalue weighted by Crippen LogP contribution is -2.30. The van der Waals surface area contributed by atoms with Crippen molar-refractivity contribution in [1.29, 1.82) is 0 Å². The number of carbonyl (C=O) groups excluding carboxylic acids is 2. The normalized spacial score (nSPS) is 11.9. The minimum Gasteiger partial charge on any atom is -0.449 e. The number of para-hydroxylation sites is 1. The van der Waals surface area contributed by atoms with Crippen molar-refractivity contribution in [2.45, 2.75) is 26.9 Å². The fraction of sp³-hybridized carbons (Fsp3) is 0.190. The fourth-order valence-corrected chi connectivity index (χ4v) is 2.90. The van der Waals surface area contributed by atoms with Crippen LogP contribution in [-0.2, 0) is 9.53 Å². The van der Waals surface area contributed by atoms with Crippen LogP contribution in [0.5, 0.6) is 0 Å². The average molecular weight is 383 g/mol. The molecule has 3 rings (SSSR count). The van der Waals surface area contributed by atoms with E-state index in [2.05, 4.69) is 10.3 Å². The molecule has 2 aromatic carbocycles. The SMILES string of the molecule is Cc1cccc(C)c1NC(=O)C(C)OC(=O)c1ccc2nc(Cl)ccc2c1. The third kappa shape index (κ3) is 4.26. The highest BCUT2D eigenvalue weighted by atomic mass is 35.5. The first-order chi connectivity index (χ1) is 12.8. The van der Waals surface area contributed by atoms with Crippen molar-refractivity contribution in [3.63, 3.8) is 0 Å². The first-order valence-corrected chi connectivity index (χ1v) is 8.87. The van der Waals surface area contributed by atoms with Crippen molar-refractivity contribution >= 4 is 40.1 Å². The first kappa shape index (κ1) is 18.9. The van der Waals surface area contributed by atoms with E-state index in [9.17, 15) is 9.59 Å². The summed E-state index contributed by atoms with van der Waals surface area (Å²) in [6, 6.07) is 14.1. The second-order valence-electron chi connectivity index (χ2n) is 6.35. The topological polar surface area (TPSA) is 68.3 Å². The number of nitrogens with one attached hydrogen (secondary N) is 1. The molecule has 1 aromatic heterocycles. The van der Waals surface area contributed by atoms with Gasteiger partial charge in [-0.1, -0.05) is 29.8 Å². The van der Waals surface area contributed by atoms with Crippen LogP contribution in [-0.4, -0.2) is 23.0 Å². The van der Waals surface area contributed by atoms with Crippen molar-refractivity contribution in [3.8, 4) is 0 Å². The summed E-state index contributed by atoms with van der Waals surface area (Å²) in [7, 11) is 0. The lowest BCUT2D eigenvalue weighted by molar-refractivity contribution is -0.123. The Hall–Kier alpha value is -2.92. The lowest BCUT2D eigenvalue weighted by atomic mass is 10.1. The number of carbonyl (C=O) groups is 2. The lowest BCUT2D eigenvalue weighted by Gasteiger charge is -2.16. The van der Waals surface area contributed by atoms with Gasteiger partial charge in [-0.15, -0.1) is 0 Å². The summed E-state index contributed by atoms with van der Waals surface area (Å²) in [6.07, 6.45) is -0.935. The molecular formula is C21H19ClN2O3. The van der Waals surface area contributed by atoms with Crippen LogP contribution >= 0.6 is 11.6 Å². The molecule has 0 bridgehead atoms. The Bertz CT molecular complexity index is 1010. The number of rotatable bonds is 4. The molecule has 0 saturated carbocycles. The Balaban J connectivity index is 1.71. The zero-order valence-electron chi connectivity index (χ0n) is 15.2. The number of ether oxygens (including phenoxy) is 1. The van der Waals surface area contributed by atoms with Gasteiger partial charge in [-0.3, -0.25) is 4.79 Å². The van der Waals surface area contributed by atoms with Gasteiger partial charge in [0.15, 0.2) is 6.10 Å². The predicted molar refractivity (Wildman–Crippen MR) is 106 cm³/mol. The van der Waals surface area contributed by atoms with Gasteiger partial charge in [0.25, 0.3) is 5.91 Å².